The van der Waals surface area contributed by atoms with Gasteiger partial charge in [0.15, 0.2) is 12.1 Å². The molecule has 4 rings (SSSR count). The van der Waals surface area contributed by atoms with Gasteiger partial charge in [-0.15, -0.1) is 0 Å². The van der Waals surface area contributed by atoms with Crippen molar-refractivity contribution >= 4 is 17.6 Å². The molecular formula is C18H20N4O3. The third kappa shape index (κ3) is 3.65. The lowest BCUT2D eigenvalue weighted by atomic mass is 10.1. The van der Waals surface area contributed by atoms with Crippen LogP contribution in [0.2, 0.25) is 0 Å². The minimum Gasteiger partial charge on any atom is -0.463 e. The lowest BCUT2D eigenvalue weighted by Crippen LogP contribution is -2.14. The number of aliphatic imine (C=N–C) groups is 1. The van der Waals surface area contributed by atoms with Crippen LogP contribution in [0.25, 0.3) is 0 Å². The number of ether oxygens (including phenoxy) is 1. The largest absolute Gasteiger partial charge is 0.463 e. The molecule has 1 aromatic carbocycles. The molecular weight excluding hydrogens is 320 g/mol. The Morgan fingerprint density at radius 2 is 2.08 bits per heavy atom. The Morgan fingerprint density at radius 3 is 2.76 bits per heavy atom. The summed E-state index contributed by atoms with van der Waals surface area (Å²) < 4.78 is 10.5. The summed E-state index contributed by atoms with van der Waals surface area (Å²) in [7, 11) is 0. The highest BCUT2D eigenvalue weighted by molar-refractivity contribution is 6.03. The predicted molar refractivity (Wildman–Crippen MR) is 92.6 cm³/mol. The van der Waals surface area contributed by atoms with Crippen LogP contribution in [0.5, 0.6) is 0 Å². The van der Waals surface area contributed by atoms with E-state index in [1.54, 1.807) is 0 Å². The molecule has 1 fully saturated rings. The molecule has 1 aliphatic carbocycles. The zero-order chi connectivity index (χ0) is 17.2. The van der Waals surface area contributed by atoms with Gasteiger partial charge in [-0.1, -0.05) is 12.1 Å². The normalized spacial score (nSPS) is 19.4. The van der Waals surface area contributed by atoms with Crippen LogP contribution < -0.4 is 11.1 Å². The van der Waals surface area contributed by atoms with Crippen molar-refractivity contribution in [2.24, 2.45) is 10.7 Å². The van der Waals surface area contributed by atoms with Crippen LogP contribution in [-0.2, 0) is 11.2 Å². The first-order valence-electron chi connectivity index (χ1n) is 8.49. The summed E-state index contributed by atoms with van der Waals surface area (Å²) in [5, 5.41) is 2.88. The van der Waals surface area contributed by atoms with E-state index in [1.165, 1.54) is 12.0 Å². The van der Waals surface area contributed by atoms with Crippen LogP contribution >= 0.6 is 0 Å². The van der Waals surface area contributed by atoms with Crippen molar-refractivity contribution in [2.75, 3.05) is 11.9 Å². The van der Waals surface area contributed by atoms with Gasteiger partial charge in [0.2, 0.25) is 0 Å². The number of carbonyl (C=O) groups is 1. The fraction of sp³-hybridized carbons (Fsp3) is 0.389. The van der Waals surface area contributed by atoms with E-state index in [2.05, 4.69) is 15.3 Å². The van der Waals surface area contributed by atoms with Gasteiger partial charge in [-0.3, -0.25) is 4.79 Å². The van der Waals surface area contributed by atoms with E-state index in [9.17, 15) is 4.79 Å². The maximum atomic E-state index is 12.4. The predicted octanol–water partition coefficient (Wildman–Crippen LogP) is 2.45. The SMILES string of the molecule is NC1=NC(CCc2ccc(NC(=O)c3ncoc3C3CC3)cc2)CO1. The highest BCUT2D eigenvalue weighted by atomic mass is 16.5. The van der Waals surface area contributed by atoms with Crippen LogP contribution in [0.15, 0.2) is 40.1 Å². The highest BCUT2D eigenvalue weighted by Crippen LogP contribution is 2.41. The van der Waals surface area contributed by atoms with E-state index in [-0.39, 0.29) is 18.0 Å². The third-order valence-electron chi connectivity index (χ3n) is 4.47. The minimum atomic E-state index is -0.226. The van der Waals surface area contributed by atoms with Crippen molar-refractivity contribution in [3.05, 3.63) is 47.7 Å². The number of anilines is 1. The molecule has 7 nitrogen and oxygen atoms in total. The average Bonchev–Trinajstić information content (AvgIpc) is 3.18. The molecule has 7 heteroatoms. The molecule has 130 valence electrons. The molecule has 2 heterocycles. The molecule has 1 aliphatic heterocycles. The van der Waals surface area contributed by atoms with Gasteiger partial charge in [0.25, 0.3) is 11.9 Å². The van der Waals surface area contributed by atoms with Crippen LogP contribution in [0.1, 0.15) is 47.0 Å². The summed E-state index contributed by atoms with van der Waals surface area (Å²) in [6.07, 6.45) is 5.23. The smallest absolute Gasteiger partial charge is 0.282 e. The Hall–Kier alpha value is -2.83. The molecule has 25 heavy (non-hydrogen) atoms. The minimum absolute atomic E-state index is 0.132. The number of aryl methyl sites for hydroxylation is 1. The number of nitrogens with one attached hydrogen (secondary N) is 1. The van der Waals surface area contributed by atoms with Gasteiger partial charge in [-0.25, -0.2) is 9.98 Å². The fourth-order valence-corrected chi connectivity index (χ4v) is 2.92. The second kappa shape index (κ2) is 6.58. The number of amides is 1. The van der Waals surface area contributed by atoms with Gasteiger partial charge in [-0.2, -0.15) is 0 Å². The van der Waals surface area contributed by atoms with Crippen molar-refractivity contribution in [3.63, 3.8) is 0 Å². The van der Waals surface area contributed by atoms with Crippen LogP contribution in [-0.4, -0.2) is 29.6 Å². The van der Waals surface area contributed by atoms with Gasteiger partial charge in [0.1, 0.15) is 12.4 Å². The molecule has 1 unspecified atom stereocenters. The number of amidine groups is 1. The van der Waals surface area contributed by atoms with Crippen molar-refractivity contribution in [1.82, 2.24) is 4.98 Å². The maximum absolute atomic E-state index is 12.4. The number of rotatable bonds is 6. The number of nitrogens with two attached hydrogens (primary N) is 1. The summed E-state index contributed by atoms with van der Waals surface area (Å²) in [5.41, 5.74) is 7.82. The Morgan fingerprint density at radius 1 is 1.28 bits per heavy atom. The van der Waals surface area contributed by atoms with Gasteiger partial charge in [0, 0.05) is 11.6 Å². The fourth-order valence-electron chi connectivity index (χ4n) is 2.92. The maximum Gasteiger partial charge on any atom is 0.282 e. The summed E-state index contributed by atoms with van der Waals surface area (Å²) in [5.74, 6) is 0.825. The van der Waals surface area contributed by atoms with Gasteiger partial charge in [0.05, 0.1) is 6.04 Å². The van der Waals surface area contributed by atoms with Crippen LogP contribution in [0.3, 0.4) is 0 Å². The summed E-state index contributed by atoms with van der Waals surface area (Å²) in [4.78, 5) is 20.6. The molecule has 3 N–H and O–H groups in total. The first kappa shape index (κ1) is 15.7. The van der Waals surface area contributed by atoms with Crippen molar-refractivity contribution in [2.45, 2.75) is 37.6 Å². The molecule has 0 saturated heterocycles. The molecule has 2 aromatic rings. The van der Waals surface area contributed by atoms with Crippen LogP contribution in [0.4, 0.5) is 5.69 Å². The monoisotopic (exact) mass is 340 g/mol. The van der Waals surface area contributed by atoms with E-state index in [0.717, 1.165) is 31.4 Å². The number of hydrogen-bond donors (Lipinski definition) is 2. The lowest BCUT2D eigenvalue weighted by molar-refractivity contribution is 0.102. The number of hydrogen-bond acceptors (Lipinski definition) is 6. The second-order valence-corrected chi connectivity index (χ2v) is 6.46. The number of oxazole rings is 1. The summed E-state index contributed by atoms with van der Waals surface area (Å²) >= 11 is 0. The van der Waals surface area contributed by atoms with E-state index >= 15 is 0 Å². The first-order valence-corrected chi connectivity index (χ1v) is 8.49. The van der Waals surface area contributed by atoms with Crippen LogP contribution in [0, 0.1) is 0 Å². The molecule has 1 atom stereocenters. The van der Waals surface area contributed by atoms with Gasteiger partial charge in [-0.05, 0) is 43.4 Å². The third-order valence-corrected chi connectivity index (χ3v) is 4.47. The molecule has 0 spiro atoms. The Kier molecular flexibility index (Phi) is 4.13. The Labute approximate surface area is 145 Å². The molecule has 2 aliphatic rings. The molecule has 0 radical (unpaired) electrons. The highest BCUT2D eigenvalue weighted by Gasteiger charge is 2.32. The van der Waals surface area contributed by atoms with Gasteiger partial charge < -0.3 is 20.2 Å². The topological polar surface area (TPSA) is 103 Å². The quantitative estimate of drug-likeness (QED) is 0.841. The Bertz CT molecular complexity index is 793. The lowest BCUT2D eigenvalue weighted by Gasteiger charge is -2.07. The number of benzene rings is 1. The van der Waals surface area contributed by atoms with E-state index in [1.807, 2.05) is 24.3 Å². The van der Waals surface area contributed by atoms with E-state index < -0.39 is 0 Å². The molecule has 1 aromatic heterocycles. The van der Waals surface area contributed by atoms with Crippen molar-refractivity contribution in [1.29, 1.82) is 0 Å². The zero-order valence-corrected chi connectivity index (χ0v) is 13.8. The molecule has 1 amide bonds. The first-order chi connectivity index (χ1) is 12.2. The standard InChI is InChI=1S/C18H20N4O3/c19-18-22-14(9-24-18)8-3-11-1-6-13(7-2-11)21-17(23)15-16(12-4-5-12)25-10-20-15/h1-2,6-7,10,12,14H,3-5,8-9H2,(H2,19,22)(H,21,23). The van der Waals surface area contributed by atoms with Gasteiger partial charge >= 0.3 is 0 Å². The van der Waals surface area contributed by atoms with E-state index in [0.29, 0.717) is 24.0 Å². The van der Waals surface area contributed by atoms with Crippen molar-refractivity contribution in [3.8, 4) is 0 Å². The molecule has 0 bridgehead atoms. The number of aromatic nitrogens is 1. The molecule has 1 saturated carbocycles. The summed E-state index contributed by atoms with van der Waals surface area (Å²) in [6.45, 7) is 0.557. The Balaban J connectivity index is 1.34. The number of carbonyl (C=O) groups excluding carboxylic acids is 1. The van der Waals surface area contributed by atoms with E-state index in [4.69, 9.17) is 14.9 Å². The van der Waals surface area contributed by atoms with Crippen molar-refractivity contribution < 1.29 is 13.9 Å². The average molecular weight is 340 g/mol. The second-order valence-electron chi connectivity index (χ2n) is 6.46. The zero-order valence-electron chi connectivity index (χ0n) is 13.8. The summed E-state index contributed by atoms with van der Waals surface area (Å²) in [6, 6.07) is 8.21. The number of nitrogens with zero attached hydrogens (tertiary/aromatic N) is 2.